The molecule has 1 fully saturated rings. The van der Waals surface area contributed by atoms with E-state index in [0.717, 1.165) is 62.1 Å². The van der Waals surface area contributed by atoms with Crippen LogP contribution in [0.25, 0.3) is 0 Å². The number of allylic oxidation sites excluding steroid dienone is 1. The molecular weight excluding hydrogens is 345 g/mol. The number of benzene rings is 1. The number of nitrogens with one attached hydrogen (secondary N) is 1. The highest BCUT2D eigenvalue weighted by molar-refractivity contribution is 5.97. The van der Waals surface area contributed by atoms with Crippen LogP contribution < -0.4 is 16.1 Å². The maximum Gasteiger partial charge on any atom is 0.146 e. The second-order valence-corrected chi connectivity index (χ2v) is 7.04. The van der Waals surface area contributed by atoms with Crippen molar-refractivity contribution >= 4 is 17.9 Å². The predicted octanol–water partition coefficient (Wildman–Crippen LogP) is 0.989. The average Bonchev–Trinajstić information content (AvgIpc) is 3.17. The molecule has 27 heavy (non-hydrogen) atoms. The van der Waals surface area contributed by atoms with Gasteiger partial charge < -0.3 is 15.1 Å². The summed E-state index contributed by atoms with van der Waals surface area (Å²) in [5, 5.41) is 4.84. The van der Waals surface area contributed by atoms with Gasteiger partial charge >= 0.3 is 0 Å². The molecule has 5 rings (SSSR count). The number of amidine groups is 1. The molecule has 3 N–H and O–H groups in total. The van der Waals surface area contributed by atoms with Gasteiger partial charge in [0.25, 0.3) is 0 Å². The molecule has 8 heteroatoms. The van der Waals surface area contributed by atoms with Gasteiger partial charge in [0.15, 0.2) is 0 Å². The third kappa shape index (κ3) is 2.72. The van der Waals surface area contributed by atoms with Crippen molar-refractivity contribution in [2.45, 2.75) is 6.04 Å². The highest BCUT2D eigenvalue weighted by Crippen LogP contribution is 2.38. The van der Waals surface area contributed by atoms with E-state index in [4.69, 9.17) is 5.84 Å². The number of anilines is 1. The van der Waals surface area contributed by atoms with Crippen molar-refractivity contribution in [2.75, 3.05) is 44.2 Å². The normalized spacial score (nSPS) is 24.3. The number of aliphatic imine (C=N–C) groups is 2. The van der Waals surface area contributed by atoms with E-state index in [9.17, 15) is 4.39 Å². The molecule has 0 aromatic heterocycles. The second-order valence-electron chi connectivity index (χ2n) is 7.04. The molecule has 1 saturated heterocycles. The van der Waals surface area contributed by atoms with E-state index in [1.165, 1.54) is 0 Å². The van der Waals surface area contributed by atoms with Gasteiger partial charge in [0, 0.05) is 32.7 Å². The van der Waals surface area contributed by atoms with Crippen LogP contribution in [-0.4, -0.2) is 61.4 Å². The van der Waals surface area contributed by atoms with Crippen molar-refractivity contribution in [3.63, 3.8) is 0 Å². The van der Waals surface area contributed by atoms with Crippen molar-refractivity contribution in [1.82, 2.24) is 15.2 Å². The summed E-state index contributed by atoms with van der Waals surface area (Å²) in [6.07, 6.45) is 5.53. The van der Waals surface area contributed by atoms with Gasteiger partial charge in [-0.1, -0.05) is 6.07 Å². The lowest BCUT2D eigenvalue weighted by Gasteiger charge is -2.38. The minimum absolute atomic E-state index is 0.214. The molecule has 4 aliphatic rings. The maximum absolute atomic E-state index is 15.0. The first-order chi connectivity index (χ1) is 13.2. The van der Waals surface area contributed by atoms with Crippen LogP contribution in [0.15, 0.2) is 51.7 Å². The molecule has 1 aromatic carbocycles. The van der Waals surface area contributed by atoms with E-state index in [0.29, 0.717) is 5.69 Å². The van der Waals surface area contributed by atoms with E-state index in [1.807, 2.05) is 24.3 Å². The van der Waals surface area contributed by atoms with Gasteiger partial charge in [0.05, 0.1) is 23.6 Å². The first-order valence-electron chi connectivity index (χ1n) is 9.29. The number of nitrogens with zero attached hydrogens (tertiary/aromatic N) is 5. The van der Waals surface area contributed by atoms with Crippen molar-refractivity contribution in [3.05, 3.63) is 53.1 Å². The topological polar surface area (TPSA) is 72.5 Å². The van der Waals surface area contributed by atoms with E-state index in [-0.39, 0.29) is 11.9 Å². The highest BCUT2D eigenvalue weighted by atomic mass is 19.1. The van der Waals surface area contributed by atoms with Crippen molar-refractivity contribution in [1.29, 1.82) is 0 Å². The third-order valence-corrected chi connectivity index (χ3v) is 5.45. The Labute approximate surface area is 157 Å². The number of hydrogen-bond acceptors (Lipinski definition) is 7. The van der Waals surface area contributed by atoms with Crippen molar-refractivity contribution in [3.8, 4) is 0 Å². The first-order valence-corrected chi connectivity index (χ1v) is 9.29. The number of halogens is 1. The zero-order valence-corrected chi connectivity index (χ0v) is 15.0. The lowest BCUT2D eigenvalue weighted by molar-refractivity contribution is 0.317. The lowest BCUT2D eigenvalue weighted by atomic mass is 9.97. The summed E-state index contributed by atoms with van der Waals surface area (Å²) in [5.74, 6) is 6.95. The van der Waals surface area contributed by atoms with Gasteiger partial charge in [-0.25, -0.2) is 15.2 Å². The minimum atomic E-state index is -0.294. The monoisotopic (exact) mass is 367 g/mol. The molecule has 140 valence electrons. The molecule has 7 nitrogen and oxygen atoms in total. The van der Waals surface area contributed by atoms with Gasteiger partial charge in [-0.15, -0.1) is 0 Å². The molecule has 4 heterocycles. The summed E-state index contributed by atoms with van der Waals surface area (Å²) >= 11 is 0. The SMILES string of the molecule is NN1C=NC2=C(C1c1ccc(N3CCNCC3)c(F)c1)N1CCN=C1C=C2. The van der Waals surface area contributed by atoms with Crippen molar-refractivity contribution < 1.29 is 4.39 Å². The Balaban J connectivity index is 1.52. The Morgan fingerprint density at radius 2 is 2.00 bits per heavy atom. The van der Waals surface area contributed by atoms with E-state index >= 15 is 0 Å². The van der Waals surface area contributed by atoms with Gasteiger partial charge in [-0.2, -0.15) is 0 Å². The zero-order valence-electron chi connectivity index (χ0n) is 15.0. The molecule has 1 atom stereocenters. The number of fused-ring (bicyclic) bond motifs is 2. The summed E-state index contributed by atoms with van der Waals surface area (Å²) in [6.45, 7) is 4.90. The largest absolute Gasteiger partial charge is 0.367 e. The highest BCUT2D eigenvalue weighted by Gasteiger charge is 2.36. The number of nitrogens with two attached hydrogens (primary N) is 1. The van der Waals surface area contributed by atoms with Gasteiger partial charge in [0.2, 0.25) is 0 Å². The Morgan fingerprint density at radius 1 is 1.15 bits per heavy atom. The Morgan fingerprint density at radius 3 is 2.81 bits per heavy atom. The zero-order chi connectivity index (χ0) is 18.4. The van der Waals surface area contributed by atoms with E-state index < -0.39 is 0 Å². The fraction of sp³-hybridized carbons (Fsp3) is 0.368. The minimum Gasteiger partial charge on any atom is -0.367 e. The first kappa shape index (κ1) is 16.5. The third-order valence-electron chi connectivity index (χ3n) is 5.45. The molecule has 0 spiro atoms. The van der Waals surface area contributed by atoms with E-state index in [2.05, 4.69) is 25.1 Å². The van der Waals surface area contributed by atoms with Crippen LogP contribution in [0.2, 0.25) is 0 Å². The van der Waals surface area contributed by atoms with Gasteiger partial charge in [-0.05, 0) is 29.8 Å². The number of piperazine rings is 1. The molecule has 0 amide bonds. The summed E-state index contributed by atoms with van der Waals surface area (Å²) in [7, 11) is 0. The fourth-order valence-electron chi connectivity index (χ4n) is 4.15. The molecule has 1 unspecified atom stereocenters. The molecule has 0 radical (unpaired) electrons. The van der Waals surface area contributed by atoms with Crippen LogP contribution in [0.3, 0.4) is 0 Å². The molecule has 0 saturated carbocycles. The lowest BCUT2D eigenvalue weighted by Crippen LogP contribution is -2.44. The van der Waals surface area contributed by atoms with E-state index in [1.54, 1.807) is 17.4 Å². The van der Waals surface area contributed by atoms with Crippen LogP contribution in [-0.2, 0) is 0 Å². The van der Waals surface area contributed by atoms with Crippen LogP contribution in [0, 0.1) is 5.82 Å². The second kappa shape index (κ2) is 6.47. The van der Waals surface area contributed by atoms with Crippen LogP contribution >= 0.6 is 0 Å². The standard InChI is InChI=1S/C19H22FN7/c20-14-11-13(1-3-16(14)25-8-5-22-6-9-25)18-19-15(24-12-27(18)21)2-4-17-23-7-10-26(17)19/h1-4,11-12,18,22H,5-10,21H2. The molecule has 1 aromatic rings. The van der Waals surface area contributed by atoms with Gasteiger partial charge in [0.1, 0.15) is 24.0 Å². The van der Waals surface area contributed by atoms with Crippen LogP contribution in [0.1, 0.15) is 11.6 Å². The summed E-state index contributed by atoms with van der Waals surface area (Å²) < 4.78 is 15.0. The quantitative estimate of drug-likeness (QED) is 0.763. The number of hydrogen-bond donors (Lipinski definition) is 2. The van der Waals surface area contributed by atoms with Crippen molar-refractivity contribution in [2.24, 2.45) is 15.8 Å². The summed E-state index contributed by atoms with van der Waals surface area (Å²) in [6, 6.07) is 5.15. The Kier molecular flexibility index (Phi) is 3.95. The number of hydrazine groups is 1. The van der Waals surface area contributed by atoms with Gasteiger partial charge in [-0.3, -0.25) is 10.0 Å². The Bertz CT molecular complexity index is 882. The molecule has 0 bridgehead atoms. The van der Waals surface area contributed by atoms with Crippen LogP contribution in [0.4, 0.5) is 10.1 Å². The summed E-state index contributed by atoms with van der Waals surface area (Å²) in [5.41, 5.74) is 3.28. The fourth-order valence-corrected chi connectivity index (χ4v) is 4.15. The molecular formula is C19H22FN7. The molecule has 4 aliphatic heterocycles. The maximum atomic E-state index is 15.0. The summed E-state index contributed by atoms with van der Waals surface area (Å²) in [4.78, 5) is 13.2. The predicted molar refractivity (Wildman–Crippen MR) is 104 cm³/mol. The number of rotatable bonds is 2. The Hall–Kier alpha value is -2.71. The average molecular weight is 367 g/mol. The molecule has 0 aliphatic carbocycles. The smallest absolute Gasteiger partial charge is 0.146 e. The van der Waals surface area contributed by atoms with Crippen LogP contribution in [0.5, 0.6) is 0 Å².